The molecule has 2 aromatic carbocycles. The van der Waals surface area contributed by atoms with Gasteiger partial charge in [-0.15, -0.1) is 5.10 Å². The second kappa shape index (κ2) is 10.9. The molecule has 2 amide bonds. The van der Waals surface area contributed by atoms with Crippen LogP contribution in [0.3, 0.4) is 0 Å². The molecular weight excluding hydrogens is 468 g/mol. The molecule has 5 rings (SSSR count). The first kappa shape index (κ1) is 23.9. The van der Waals surface area contributed by atoms with E-state index >= 15 is 0 Å². The fourth-order valence-corrected chi connectivity index (χ4v) is 4.16. The molecular formula is C28H26N6O3. The Morgan fingerprint density at radius 1 is 1.03 bits per heavy atom. The predicted octanol–water partition coefficient (Wildman–Crippen LogP) is 3.81. The number of carbonyl (C=O) groups excluding carboxylic acids is 2. The molecule has 0 radical (unpaired) electrons. The minimum atomic E-state index is -0.924. The summed E-state index contributed by atoms with van der Waals surface area (Å²) < 4.78 is 6.93. The summed E-state index contributed by atoms with van der Waals surface area (Å²) in [5.41, 5.74) is 4.04. The van der Waals surface area contributed by atoms with E-state index in [9.17, 15) is 9.59 Å². The quantitative estimate of drug-likeness (QED) is 0.334. The van der Waals surface area contributed by atoms with Gasteiger partial charge in [-0.1, -0.05) is 53.2 Å². The van der Waals surface area contributed by atoms with E-state index in [2.05, 4.69) is 20.6 Å². The van der Waals surface area contributed by atoms with Crippen LogP contribution in [0.4, 0.5) is 0 Å². The van der Waals surface area contributed by atoms with Crippen molar-refractivity contribution < 1.29 is 14.0 Å². The number of carbonyl (C=O) groups is 2. The first-order valence-corrected chi connectivity index (χ1v) is 11.9. The summed E-state index contributed by atoms with van der Waals surface area (Å²) in [6.45, 7) is 2.35. The summed E-state index contributed by atoms with van der Waals surface area (Å²) in [4.78, 5) is 33.3. The van der Waals surface area contributed by atoms with E-state index in [0.29, 0.717) is 16.8 Å². The number of aryl methyl sites for hydroxylation is 1. The van der Waals surface area contributed by atoms with Gasteiger partial charge in [-0.3, -0.25) is 14.6 Å². The van der Waals surface area contributed by atoms with Crippen LogP contribution in [0, 0.1) is 6.92 Å². The third kappa shape index (κ3) is 5.56. The van der Waals surface area contributed by atoms with Crippen molar-refractivity contribution >= 4 is 22.8 Å². The molecule has 37 heavy (non-hydrogen) atoms. The number of nitrogens with zero attached hydrogens (tertiary/aromatic N) is 5. The highest BCUT2D eigenvalue weighted by Crippen LogP contribution is 2.25. The largest absolute Gasteiger partial charge is 0.467 e. The number of fused-ring (bicyclic) bond motifs is 1. The second-order valence-corrected chi connectivity index (χ2v) is 8.73. The molecule has 3 aromatic heterocycles. The van der Waals surface area contributed by atoms with Gasteiger partial charge in [0.05, 0.1) is 18.3 Å². The zero-order valence-electron chi connectivity index (χ0n) is 20.3. The Morgan fingerprint density at radius 3 is 2.62 bits per heavy atom. The lowest BCUT2D eigenvalue weighted by atomic mass is 10.0. The topological polar surface area (TPSA) is 106 Å². The van der Waals surface area contributed by atoms with Crippen molar-refractivity contribution in [2.24, 2.45) is 0 Å². The summed E-state index contributed by atoms with van der Waals surface area (Å²) in [7, 11) is 0. The fraction of sp³-hybridized carbons (Fsp3) is 0.179. The van der Waals surface area contributed by atoms with E-state index in [0.717, 1.165) is 16.6 Å². The second-order valence-electron chi connectivity index (χ2n) is 8.73. The lowest BCUT2D eigenvalue weighted by Gasteiger charge is -2.31. The van der Waals surface area contributed by atoms with Gasteiger partial charge in [0.25, 0.3) is 0 Å². The molecule has 0 aliphatic heterocycles. The van der Waals surface area contributed by atoms with Crippen molar-refractivity contribution in [2.45, 2.75) is 32.6 Å². The average molecular weight is 495 g/mol. The third-order valence-electron chi connectivity index (χ3n) is 6.08. The maximum Gasteiger partial charge on any atom is 0.247 e. The van der Waals surface area contributed by atoms with Crippen LogP contribution in [0.5, 0.6) is 0 Å². The number of hydrogen-bond acceptors (Lipinski definition) is 6. The van der Waals surface area contributed by atoms with Gasteiger partial charge in [0, 0.05) is 24.5 Å². The van der Waals surface area contributed by atoms with Gasteiger partial charge >= 0.3 is 0 Å². The van der Waals surface area contributed by atoms with Crippen LogP contribution in [0.15, 0.2) is 95.9 Å². The van der Waals surface area contributed by atoms with Crippen LogP contribution < -0.4 is 5.32 Å². The highest BCUT2D eigenvalue weighted by atomic mass is 16.3. The van der Waals surface area contributed by atoms with Crippen molar-refractivity contribution in [3.05, 3.63) is 114 Å². The van der Waals surface area contributed by atoms with Crippen LogP contribution in [0.2, 0.25) is 0 Å². The normalized spacial score (nSPS) is 11.8. The van der Waals surface area contributed by atoms with E-state index in [-0.39, 0.29) is 31.4 Å². The number of hydrogen-bond donors (Lipinski definition) is 1. The van der Waals surface area contributed by atoms with Gasteiger partial charge in [0.1, 0.15) is 23.9 Å². The van der Waals surface area contributed by atoms with E-state index < -0.39 is 6.04 Å². The maximum atomic E-state index is 13.9. The highest BCUT2D eigenvalue weighted by Gasteiger charge is 2.32. The number of furan rings is 1. The first-order valence-electron chi connectivity index (χ1n) is 11.9. The minimum absolute atomic E-state index is 0.0748. The van der Waals surface area contributed by atoms with Crippen LogP contribution in [0.25, 0.3) is 11.0 Å². The van der Waals surface area contributed by atoms with Crippen LogP contribution in [-0.4, -0.2) is 36.7 Å². The molecule has 3 heterocycles. The number of pyridine rings is 1. The minimum Gasteiger partial charge on any atom is -0.467 e. The third-order valence-corrected chi connectivity index (χ3v) is 6.08. The maximum absolute atomic E-state index is 13.9. The Balaban J connectivity index is 1.50. The Bertz CT molecular complexity index is 1480. The molecule has 0 fully saturated rings. The van der Waals surface area contributed by atoms with Crippen LogP contribution in [0.1, 0.15) is 28.5 Å². The monoisotopic (exact) mass is 494 g/mol. The molecule has 186 valence electrons. The summed E-state index contributed by atoms with van der Waals surface area (Å²) >= 11 is 0. The van der Waals surface area contributed by atoms with Gasteiger partial charge in [0.2, 0.25) is 11.8 Å². The van der Waals surface area contributed by atoms with E-state index in [1.807, 2.05) is 55.5 Å². The Kier molecular flexibility index (Phi) is 7.02. The smallest absolute Gasteiger partial charge is 0.247 e. The van der Waals surface area contributed by atoms with Gasteiger partial charge in [-0.2, -0.15) is 0 Å². The van der Waals surface area contributed by atoms with E-state index in [1.54, 1.807) is 52.5 Å². The number of aromatic nitrogens is 4. The van der Waals surface area contributed by atoms with Crippen molar-refractivity contribution in [3.63, 3.8) is 0 Å². The zero-order valence-corrected chi connectivity index (χ0v) is 20.3. The molecule has 9 heteroatoms. The lowest BCUT2D eigenvalue weighted by Crippen LogP contribution is -2.44. The summed E-state index contributed by atoms with van der Waals surface area (Å²) in [5.74, 6) is -0.00433. The SMILES string of the molecule is Cc1ccc(CN(C(=O)Cn2nnc3ccccc32)[C@@H](C(=O)NCc2ccco2)c2cccnc2)cc1. The van der Waals surface area contributed by atoms with Crippen LogP contribution in [-0.2, 0) is 29.2 Å². The molecule has 0 saturated carbocycles. The molecule has 0 unspecified atom stereocenters. The summed E-state index contributed by atoms with van der Waals surface area (Å²) in [6, 6.07) is 21.5. The predicted molar refractivity (Wildman–Crippen MR) is 137 cm³/mol. The number of para-hydroxylation sites is 1. The zero-order chi connectivity index (χ0) is 25.6. The van der Waals surface area contributed by atoms with Gasteiger partial charge in [0.15, 0.2) is 0 Å². The number of nitrogens with one attached hydrogen (secondary N) is 1. The van der Waals surface area contributed by atoms with Crippen molar-refractivity contribution in [3.8, 4) is 0 Å². The lowest BCUT2D eigenvalue weighted by molar-refractivity contribution is -0.142. The molecule has 0 saturated heterocycles. The van der Waals surface area contributed by atoms with Gasteiger partial charge < -0.3 is 14.6 Å². The van der Waals surface area contributed by atoms with Crippen molar-refractivity contribution in [2.75, 3.05) is 0 Å². The van der Waals surface area contributed by atoms with Crippen molar-refractivity contribution in [1.82, 2.24) is 30.2 Å². The molecule has 5 aromatic rings. The highest BCUT2D eigenvalue weighted by molar-refractivity contribution is 5.89. The molecule has 0 aliphatic carbocycles. The van der Waals surface area contributed by atoms with Crippen molar-refractivity contribution in [1.29, 1.82) is 0 Å². The Morgan fingerprint density at radius 2 is 1.86 bits per heavy atom. The van der Waals surface area contributed by atoms with Gasteiger partial charge in [-0.25, -0.2) is 4.68 Å². The Hall–Kier alpha value is -4.79. The van der Waals surface area contributed by atoms with Gasteiger partial charge in [-0.05, 0) is 42.8 Å². The summed E-state index contributed by atoms with van der Waals surface area (Å²) in [6.07, 6.45) is 4.79. The average Bonchev–Trinajstić information content (AvgIpc) is 3.59. The van der Waals surface area contributed by atoms with Crippen LogP contribution >= 0.6 is 0 Å². The number of benzene rings is 2. The molecule has 9 nitrogen and oxygen atoms in total. The first-order chi connectivity index (χ1) is 18.1. The fourth-order valence-electron chi connectivity index (χ4n) is 4.16. The molecule has 1 N–H and O–H groups in total. The summed E-state index contributed by atoms with van der Waals surface area (Å²) in [5, 5.41) is 11.3. The molecule has 0 spiro atoms. The molecule has 0 bridgehead atoms. The van der Waals surface area contributed by atoms with E-state index in [4.69, 9.17) is 4.42 Å². The standard InChI is InChI=1S/C28H26N6O3/c1-20-10-12-21(13-11-20)18-33(26(35)19-34-25-9-3-2-8-24(25)31-32-34)27(22-6-4-14-29-16-22)28(36)30-17-23-7-5-15-37-23/h2-16,27H,17-19H2,1H3,(H,30,36)/t27-/m1/s1. The Labute approximate surface area is 213 Å². The molecule has 0 aliphatic rings. The van der Waals surface area contributed by atoms with E-state index in [1.165, 1.54) is 0 Å². The number of amides is 2. The molecule has 1 atom stereocenters. The number of rotatable bonds is 9.